The number of halogens is 1. The SMILES string of the molecule is CCCCCCCCCCCCCCCCS(=O)(=O)c1ccc(NN)c(Cl)c1. The Morgan fingerprint density at radius 1 is 0.821 bits per heavy atom. The highest BCUT2D eigenvalue weighted by molar-refractivity contribution is 7.91. The zero-order valence-electron chi connectivity index (χ0n) is 17.5. The molecule has 6 heteroatoms. The fraction of sp³-hybridized carbons (Fsp3) is 0.727. The van der Waals surface area contributed by atoms with Crippen LogP contribution in [0.5, 0.6) is 0 Å². The van der Waals surface area contributed by atoms with Crippen LogP contribution in [0.4, 0.5) is 5.69 Å². The molecule has 0 saturated carbocycles. The van der Waals surface area contributed by atoms with Gasteiger partial charge in [-0.05, 0) is 24.6 Å². The van der Waals surface area contributed by atoms with Crippen molar-refractivity contribution in [3.8, 4) is 0 Å². The van der Waals surface area contributed by atoms with Gasteiger partial charge in [0.05, 0.1) is 21.4 Å². The third-order valence-electron chi connectivity index (χ3n) is 5.22. The van der Waals surface area contributed by atoms with Crippen LogP contribution in [-0.4, -0.2) is 14.2 Å². The molecular weight excluding hydrogens is 392 g/mol. The van der Waals surface area contributed by atoms with E-state index in [1.807, 2.05) is 0 Å². The topological polar surface area (TPSA) is 72.2 Å². The first-order chi connectivity index (χ1) is 13.5. The van der Waals surface area contributed by atoms with Crippen LogP contribution in [0, 0.1) is 0 Å². The number of nitrogens with two attached hydrogens (primary N) is 1. The number of benzene rings is 1. The van der Waals surface area contributed by atoms with Crippen molar-refractivity contribution < 1.29 is 8.42 Å². The molecule has 3 N–H and O–H groups in total. The average Bonchev–Trinajstić information content (AvgIpc) is 2.68. The van der Waals surface area contributed by atoms with Crippen LogP contribution in [0.15, 0.2) is 23.1 Å². The van der Waals surface area contributed by atoms with Crippen molar-refractivity contribution in [2.45, 2.75) is 102 Å². The maximum absolute atomic E-state index is 12.4. The predicted molar refractivity (Wildman–Crippen MR) is 122 cm³/mol. The molecule has 0 aliphatic heterocycles. The molecule has 0 heterocycles. The standard InChI is InChI=1S/C22H39ClN2O2S/c1-2-3-4-5-6-7-8-9-10-11-12-13-14-15-18-28(26,27)20-16-17-22(25-24)21(23)19-20/h16-17,19,25H,2-15,18,24H2,1H3. The molecule has 0 aromatic heterocycles. The van der Waals surface area contributed by atoms with Gasteiger partial charge in [0.25, 0.3) is 0 Å². The molecule has 4 nitrogen and oxygen atoms in total. The van der Waals surface area contributed by atoms with E-state index < -0.39 is 9.84 Å². The van der Waals surface area contributed by atoms with Crippen molar-refractivity contribution in [1.82, 2.24) is 0 Å². The third-order valence-corrected chi connectivity index (χ3v) is 7.33. The highest BCUT2D eigenvalue weighted by Crippen LogP contribution is 2.25. The predicted octanol–water partition coefficient (Wildman–Crippen LogP) is 6.88. The summed E-state index contributed by atoms with van der Waals surface area (Å²) in [7, 11) is -3.28. The van der Waals surface area contributed by atoms with Crippen molar-refractivity contribution in [1.29, 1.82) is 0 Å². The van der Waals surface area contributed by atoms with Crippen LogP contribution in [-0.2, 0) is 9.84 Å². The lowest BCUT2D eigenvalue weighted by atomic mass is 10.0. The Balaban J connectivity index is 2.04. The van der Waals surface area contributed by atoms with Crippen molar-refractivity contribution in [2.75, 3.05) is 11.2 Å². The van der Waals surface area contributed by atoms with Gasteiger partial charge < -0.3 is 5.43 Å². The molecule has 162 valence electrons. The molecule has 0 aliphatic carbocycles. The number of hydrogen-bond acceptors (Lipinski definition) is 4. The number of nitrogens with one attached hydrogen (secondary N) is 1. The van der Waals surface area contributed by atoms with Crippen LogP contribution in [0.3, 0.4) is 0 Å². The summed E-state index contributed by atoms with van der Waals surface area (Å²) in [6.07, 6.45) is 17.6. The van der Waals surface area contributed by atoms with E-state index in [2.05, 4.69) is 12.3 Å². The number of anilines is 1. The van der Waals surface area contributed by atoms with Crippen molar-refractivity contribution in [3.63, 3.8) is 0 Å². The van der Waals surface area contributed by atoms with Crippen LogP contribution < -0.4 is 11.3 Å². The second-order valence-corrected chi connectivity index (χ2v) is 10.2. The summed E-state index contributed by atoms with van der Waals surface area (Å²) in [5.41, 5.74) is 2.97. The third kappa shape index (κ3) is 10.7. The summed E-state index contributed by atoms with van der Waals surface area (Å²) in [5.74, 6) is 5.50. The Morgan fingerprint density at radius 2 is 1.29 bits per heavy atom. The lowest BCUT2D eigenvalue weighted by molar-refractivity contribution is 0.537. The molecule has 0 fully saturated rings. The van der Waals surface area contributed by atoms with Crippen LogP contribution in [0.2, 0.25) is 5.02 Å². The second-order valence-electron chi connectivity index (χ2n) is 7.70. The highest BCUT2D eigenvalue weighted by Gasteiger charge is 2.15. The van der Waals surface area contributed by atoms with E-state index in [-0.39, 0.29) is 10.6 Å². The van der Waals surface area contributed by atoms with Gasteiger partial charge in [-0.3, -0.25) is 5.84 Å². The van der Waals surface area contributed by atoms with E-state index in [0.29, 0.717) is 17.1 Å². The Bertz CT molecular complexity index is 635. The van der Waals surface area contributed by atoms with Gasteiger partial charge in [-0.15, -0.1) is 0 Å². The van der Waals surface area contributed by atoms with Crippen molar-refractivity contribution in [2.24, 2.45) is 5.84 Å². The first-order valence-corrected chi connectivity index (χ1v) is 13.0. The van der Waals surface area contributed by atoms with E-state index in [1.54, 1.807) is 12.1 Å². The minimum atomic E-state index is -3.28. The molecule has 0 radical (unpaired) electrons. The Labute approximate surface area is 177 Å². The number of unbranched alkanes of at least 4 members (excludes halogenated alkanes) is 13. The molecule has 1 aromatic rings. The van der Waals surface area contributed by atoms with Crippen LogP contribution >= 0.6 is 11.6 Å². The van der Waals surface area contributed by atoms with E-state index in [1.165, 1.54) is 76.7 Å². The smallest absolute Gasteiger partial charge is 0.178 e. The number of hydrogen-bond donors (Lipinski definition) is 2. The maximum Gasteiger partial charge on any atom is 0.178 e. The molecule has 0 unspecified atom stereocenters. The van der Waals surface area contributed by atoms with Gasteiger partial charge in [-0.25, -0.2) is 8.42 Å². The van der Waals surface area contributed by atoms with Gasteiger partial charge in [-0.1, -0.05) is 102 Å². The molecule has 1 aromatic carbocycles. The van der Waals surface area contributed by atoms with Gasteiger partial charge in [-0.2, -0.15) is 0 Å². The Hall–Kier alpha value is -0.780. The first-order valence-electron chi connectivity index (χ1n) is 11.0. The second kappa shape index (κ2) is 15.1. The zero-order valence-corrected chi connectivity index (χ0v) is 19.1. The lowest BCUT2D eigenvalue weighted by Crippen LogP contribution is -2.10. The fourth-order valence-corrected chi connectivity index (χ4v) is 5.10. The molecule has 0 amide bonds. The maximum atomic E-state index is 12.4. The molecule has 0 bridgehead atoms. The fourth-order valence-electron chi connectivity index (χ4n) is 3.41. The quantitative estimate of drug-likeness (QED) is 0.160. The van der Waals surface area contributed by atoms with E-state index in [9.17, 15) is 8.42 Å². The van der Waals surface area contributed by atoms with Gasteiger partial charge in [0.15, 0.2) is 9.84 Å². The Morgan fingerprint density at radius 3 is 1.71 bits per heavy atom. The van der Waals surface area contributed by atoms with Crippen molar-refractivity contribution >= 4 is 27.1 Å². The van der Waals surface area contributed by atoms with Crippen LogP contribution in [0.25, 0.3) is 0 Å². The number of sulfone groups is 1. The minimum absolute atomic E-state index is 0.177. The molecule has 0 spiro atoms. The molecule has 0 aliphatic rings. The number of nitrogen functional groups attached to an aromatic ring is 1. The zero-order chi connectivity index (χ0) is 20.7. The minimum Gasteiger partial charge on any atom is -0.323 e. The molecular formula is C22H39ClN2O2S. The van der Waals surface area contributed by atoms with Crippen molar-refractivity contribution in [3.05, 3.63) is 23.2 Å². The normalized spacial score (nSPS) is 11.7. The van der Waals surface area contributed by atoms with Crippen LogP contribution in [0.1, 0.15) is 96.8 Å². The molecule has 0 atom stereocenters. The number of hydrazine groups is 1. The van der Waals surface area contributed by atoms with E-state index >= 15 is 0 Å². The monoisotopic (exact) mass is 430 g/mol. The summed E-state index contributed by atoms with van der Waals surface area (Å²) in [4.78, 5) is 0.270. The molecule has 28 heavy (non-hydrogen) atoms. The molecule has 0 saturated heterocycles. The van der Waals surface area contributed by atoms with E-state index in [0.717, 1.165) is 12.8 Å². The van der Waals surface area contributed by atoms with Gasteiger partial charge in [0.2, 0.25) is 0 Å². The molecule has 1 rings (SSSR count). The first kappa shape index (κ1) is 25.3. The lowest BCUT2D eigenvalue weighted by Gasteiger charge is -2.08. The van der Waals surface area contributed by atoms with Gasteiger partial charge in [0, 0.05) is 0 Å². The van der Waals surface area contributed by atoms with Gasteiger partial charge in [0.1, 0.15) is 0 Å². The summed E-state index contributed by atoms with van der Waals surface area (Å²) in [6, 6.07) is 4.62. The largest absolute Gasteiger partial charge is 0.323 e. The summed E-state index contributed by atoms with van der Waals surface area (Å²) in [6.45, 7) is 2.26. The Kier molecular flexibility index (Phi) is 13.6. The summed E-state index contributed by atoms with van der Waals surface area (Å²) >= 11 is 6.02. The number of rotatable bonds is 17. The average molecular weight is 431 g/mol. The van der Waals surface area contributed by atoms with Gasteiger partial charge >= 0.3 is 0 Å². The van der Waals surface area contributed by atoms with E-state index in [4.69, 9.17) is 17.4 Å². The summed E-state index contributed by atoms with van der Waals surface area (Å²) in [5, 5.41) is 0.324. The highest BCUT2D eigenvalue weighted by atomic mass is 35.5. The summed E-state index contributed by atoms with van der Waals surface area (Å²) < 4.78 is 24.8.